The zero-order valence-electron chi connectivity index (χ0n) is 8.03. The van der Waals surface area contributed by atoms with Crippen LogP contribution in [0.5, 0.6) is 0 Å². The van der Waals surface area contributed by atoms with E-state index in [4.69, 9.17) is 10.2 Å². The van der Waals surface area contributed by atoms with Gasteiger partial charge in [0.25, 0.3) is 0 Å². The van der Waals surface area contributed by atoms with Gasteiger partial charge in [-0.25, -0.2) is 4.98 Å². The lowest BCUT2D eigenvalue weighted by Crippen LogP contribution is -1.95. The van der Waals surface area contributed by atoms with Gasteiger partial charge in [-0.2, -0.15) is 0 Å². The van der Waals surface area contributed by atoms with Gasteiger partial charge in [0, 0.05) is 12.1 Å². The summed E-state index contributed by atoms with van der Waals surface area (Å²) >= 11 is 0. The van der Waals surface area contributed by atoms with E-state index >= 15 is 0 Å². The van der Waals surface area contributed by atoms with E-state index in [1.54, 1.807) is 6.20 Å². The number of aromatic nitrogens is 1. The van der Waals surface area contributed by atoms with Gasteiger partial charge < -0.3 is 10.2 Å². The number of hydrogen-bond donors (Lipinski definition) is 1. The van der Waals surface area contributed by atoms with Gasteiger partial charge in [0.15, 0.2) is 0 Å². The highest BCUT2D eigenvalue weighted by molar-refractivity contribution is 5.53. The molecular formula is C11H12N2O. The molecule has 0 unspecified atom stereocenters. The van der Waals surface area contributed by atoms with Crippen molar-refractivity contribution in [2.24, 2.45) is 5.73 Å². The van der Waals surface area contributed by atoms with Crippen molar-refractivity contribution in [2.75, 3.05) is 0 Å². The van der Waals surface area contributed by atoms with Crippen molar-refractivity contribution in [3.05, 3.63) is 41.8 Å². The monoisotopic (exact) mass is 188 g/mol. The molecule has 2 N–H and O–H groups in total. The fourth-order valence-corrected chi connectivity index (χ4v) is 1.27. The van der Waals surface area contributed by atoms with Crippen molar-refractivity contribution in [1.82, 2.24) is 4.98 Å². The van der Waals surface area contributed by atoms with Crippen molar-refractivity contribution < 1.29 is 4.42 Å². The first kappa shape index (κ1) is 8.97. The molecule has 0 aliphatic heterocycles. The normalized spacial score (nSPS) is 10.4. The van der Waals surface area contributed by atoms with E-state index in [2.05, 4.69) is 4.98 Å². The van der Waals surface area contributed by atoms with Crippen molar-refractivity contribution in [3.8, 4) is 11.5 Å². The van der Waals surface area contributed by atoms with Crippen LogP contribution in [0, 0.1) is 6.92 Å². The largest absolute Gasteiger partial charge is 0.441 e. The van der Waals surface area contributed by atoms with Gasteiger partial charge in [0.05, 0.1) is 6.20 Å². The third kappa shape index (κ3) is 1.67. The van der Waals surface area contributed by atoms with Gasteiger partial charge in [-0.05, 0) is 24.6 Å². The molecule has 0 amide bonds. The van der Waals surface area contributed by atoms with Gasteiger partial charge in [0.1, 0.15) is 5.76 Å². The molecule has 1 heterocycles. The van der Waals surface area contributed by atoms with Crippen LogP contribution in [0.15, 0.2) is 34.9 Å². The Bertz CT molecular complexity index is 417. The van der Waals surface area contributed by atoms with Gasteiger partial charge >= 0.3 is 0 Å². The van der Waals surface area contributed by atoms with Crippen LogP contribution in [0.2, 0.25) is 0 Å². The Kier molecular flexibility index (Phi) is 2.33. The quantitative estimate of drug-likeness (QED) is 0.785. The van der Waals surface area contributed by atoms with Crippen LogP contribution in [-0.4, -0.2) is 4.98 Å². The van der Waals surface area contributed by atoms with Gasteiger partial charge in [-0.1, -0.05) is 12.1 Å². The molecule has 0 atom stereocenters. The number of oxazole rings is 1. The van der Waals surface area contributed by atoms with E-state index in [-0.39, 0.29) is 0 Å². The van der Waals surface area contributed by atoms with Crippen LogP contribution in [0.3, 0.4) is 0 Å². The molecule has 0 fully saturated rings. The molecule has 0 spiro atoms. The van der Waals surface area contributed by atoms with E-state index in [0.717, 1.165) is 16.9 Å². The zero-order chi connectivity index (χ0) is 9.97. The first-order valence-electron chi connectivity index (χ1n) is 4.51. The third-order valence-electron chi connectivity index (χ3n) is 2.06. The Labute approximate surface area is 82.6 Å². The van der Waals surface area contributed by atoms with Gasteiger partial charge in [-0.3, -0.25) is 0 Å². The lowest BCUT2D eigenvalue weighted by atomic mass is 10.1. The fraction of sp³-hybridized carbons (Fsp3) is 0.182. The average molecular weight is 188 g/mol. The summed E-state index contributed by atoms with van der Waals surface area (Å²) in [5.74, 6) is 1.48. The van der Waals surface area contributed by atoms with Crippen LogP contribution in [0.1, 0.15) is 11.3 Å². The van der Waals surface area contributed by atoms with E-state index in [1.165, 1.54) is 0 Å². The third-order valence-corrected chi connectivity index (χ3v) is 2.06. The predicted octanol–water partition coefficient (Wildman–Crippen LogP) is 2.11. The Morgan fingerprint density at radius 2 is 2.00 bits per heavy atom. The lowest BCUT2D eigenvalue weighted by molar-refractivity contribution is 0.542. The maximum atomic E-state index is 5.50. The molecule has 0 saturated carbocycles. The Morgan fingerprint density at radius 3 is 2.50 bits per heavy atom. The van der Waals surface area contributed by atoms with Gasteiger partial charge in [-0.15, -0.1) is 0 Å². The van der Waals surface area contributed by atoms with Crippen LogP contribution in [0.4, 0.5) is 0 Å². The molecule has 1 aromatic carbocycles. The number of hydrogen-bond acceptors (Lipinski definition) is 3. The zero-order valence-corrected chi connectivity index (χ0v) is 8.03. The van der Waals surface area contributed by atoms with Crippen LogP contribution in [-0.2, 0) is 6.54 Å². The summed E-state index contributed by atoms with van der Waals surface area (Å²) < 4.78 is 5.40. The van der Waals surface area contributed by atoms with E-state index < -0.39 is 0 Å². The summed E-state index contributed by atoms with van der Waals surface area (Å²) in [5.41, 5.74) is 7.59. The molecule has 0 saturated heterocycles. The number of rotatable bonds is 2. The number of nitrogens with zero attached hydrogens (tertiary/aromatic N) is 1. The molecule has 3 nitrogen and oxygen atoms in total. The minimum absolute atomic E-state index is 0.560. The van der Waals surface area contributed by atoms with E-state index in [9.17, 15) is 0 Å². The van der Waals surface area contributed by atoms with Crippen LogP contribution >= 0.6 is 0 Å². The van der Waals surface area contributed by atoms with E-state index in [1.807, 2.05) is 31.2 Å². The minimum Gasteiger partial charge on any atom is -0.441 e. The summed E-state index contributed by atoms with van der Waals surface area (Å²) in [4.78, 5) is 4.14. The molecule has 1 aromatic heterocycles. The first-order valence-corrected chi connectivity index (χ1v) is 4.51. The Hall–Kier alpha value is -1.61. The second-order valence-corrected chi connectivity index (χ2v) is 3.18. The highest BCUT2D eigenvalue weighted by atomic mass is 16.4. The summed E-state index contributed by atoms with van der Waals surface area (Å²) in [6, 6.07) is 7.89. The molecule has 0 aliphatic carbocycles. The molecule has 2 rings (SSSR count). The molecule has 0 aliphatic rings. The summed E-state index contributed by atoms with van der Waals surface area (Å²) in [7, 11) is 0. The highest BCUT2D eigenvalue weighted by Crippen LogP contribution is 2.18. The SMILES string of the molecule is Cc1cnc(-c2ccc(CN)cc2)o1. The van der Waals surface area contributed by atoms with Gasteiger partial charge in [0.2, 0.25) is 5.89 Å². The summed E-state index contributed by atoms with van der Waals surface area (Å²) in [6.45, 7) is 2.44. The number of aryl methyl sites for hydroxylation is 1. The van der Waals surface area contributed by atoms with Crippen LogP contribution < -0.4 is 5.73 Å². The molecule has 0 radical (unpaired) electrons. The number of nitrogens with two attached hydrogens (primary N) is 1. The maximum absolute atomic E-state index is 5.50. The smallest absolute Gasteiger partial charge is 0.226 e. The first-order chi connectivity index (χ1) is 6.79. The second-order valence-electron chi connectivity index (χ2n) is 3.18. The van der Waals surface area contributed by atoms with Crippen molar-refractivity contribution in [2.45, 2.75) is 13.5 Å². The highest BCUT2D eigenvalue weighted by Gasteiger charge is 2.03. The lowest BCUT2D eigenvalue weighted by Gasteiger charge is -1.97. The standard InChI is InChI=1S/C11H12N2O/c1-8-7-13-11(14-8)10-4-2-9(6-12)3-5-10/h2-5,7H,6,12H2,1H3. The molecule has 14 heavy (non-hydrogen) atoms. The molecule has 3 heteroatoms. The minimum atomic E-state index is 0.560. The topological polar surface area (TPSA) is 52.0 Å². The Morgan fingerprint density at radius 1 is 1.29 bits per heavy atom. The molecular weight excluding hydrogens is 176 g/mol. The second kappa shape index (κ2) is 3.64. The average Bonchev–Trinajstić information content (AvgIpc) is 2.65. The molecule has 2 aromatic rings. The predicted molar refractivity (Wildman–Crippen MR) is 54.6 cm³/mol. The van der Waals surface area contributed by atoms with Crippen molar-refractivity contribution in [3.63, 3.8) is 0 Å². The molecule has 0 bridgehead atoms. The summed E-state index contributed by atoms with van der Waals surface area (Å²) in [6.07, 6.45) is 1.71. The summed E-state index contributed by atoms with van der Waals surface area (Å²) in [5, 5.41) is 0. The molecule has 72 valence electrons. The maximum Gasteiger partial charge on any atom is 0.226 e. The van der Waals surface area contributed by atoms with E-state index in [0.29, 0.717) is 12.4 Å². The number of benzene rings is 1. The Balaban J connectivity index is 2.33. The van der Waals surface area contributed by atoms with Crippen molar-refractivity contribution in [1.29, 1.82) is 0 Å². The fourth-order valence-electron chi connectivity index (χ4n) is 1.27. The van der Waals surface area contributed by atoms with Crippen LogP contribution in [0.25, 0.3) is 11.5 Å². The van der Waals surface area contributed by atoms with Crippen molar-refractivity contribution >= 4 is 0 Å².